The van der Waals surface area contributed by atoms with E-state index in [1.54, 1.807) is 0 Å². The summed E-state index contributed by atoms with van der Waals surface area (Å²) in [4.78, 5) is 0. The van der Waals surface area contributed by atoms with Crippen LogP contribution in [0.3, 0.4) is 0 Å². The summed E-state index contributed by atoms with van der Waals surface area (Å²) >= 11 is 0. The maximum atomic E-state index is 7.20. The lowest BCUT2D eigenvalue weighted by Crippen LogP contribution is -2.21. The van der Waals surface area contributed by atoms with Crippen LogP contribution < -0.4 is 5.32 Å². The Morgan fingerprint density at radius 2 is 1.83 bits per heavy atom. The van der Waals surface area contributed by atoms with Crippen molar-refractivity contribution in [1.29, 1.82) is 0 Å². The van der Waals surface area contributed by atoms with Gasteiger partial charge in [0.05, 0.1) is 0 Å². The Bertz CT molecular complexity index is 120. The fourth-order valence-corrected chi connectivity index (χ4v) is 0.453. The van der Waals surface area contributed by atoms with Crippen LogP contribution in [0.5, 0.6) is 0 Å². The SMILES string of the molecule is [2H]C1([2H])CCCC([2H])([2H])N1. The third-order valence-electron chi connectivity index (χ3n) is 0.780. The van der Waals surface area contributed by atoms with Crippen LogP contribution in [0.15, 0.2) is 0 Å². The van der Waals surface area contributed by atoms with Gasteiger partial charge in [0.25, 0.3) is 0 Å². The van der Waals surface area contributed by atoms with Crippen molar-refractivity contribution in [2.24, 2.45) is 0 Å². The summed E-state index contributed by atoms with van der Waals surface area (Å²) in [6.07, 6.45) is 1.44. The first kappa shape index (κ1) is 1.48. The molecule has 1 aliphatic heterocycles. The summed E-state index contributed by atoms with van der Waals surface area (Å²) in [6.45, 7) is -3.02. The van der Waals surface area contributed by atoms with Crippen LogP contribution in [0.2, 0.25) is 0 Å². The van der Waals surface area contributed by atoms with Crippen LogP contribution in [0.1, 0.15) is 24.7 Å². The van der Waals surface area contributed by atoms with Crippen molar-refractivity contribution >= 4 is 0 Å². The molecule has 0 unspecified atom stereocenters. The van der Waals surface area contributed by atoms with Crippen molar-refractivity contribution in [3.63, 3.8) is 0 Å². The second-order valence-corrected chi connectivity index (χ2v) is 1.33. The minimum Gasteiger partial charge on any atom is -0.317 e. The Balaban J connectivity index is 2.56. The molecule has 6 heavy (non-hydrogen) atoms. The van der Waals surface area contributed by atoms with Crippen LogP contribution in [0, 0.1) is 0 Å². The zero-order valence-electron chi connectivity index (χ0n) is 7.62. The average molecular weight is 89.2 g/mol. The number of piperidine rings is 1. The Hall–Kier alpha value is -0.0400. The first-order valence-electron chi connectivity index (χ1n) is 4.21. The molecule has 0 atom stereocenters. The van der Waals surface area contributed by atoms with Gasteiger partial charge < -0.3 is 5.32 Å². The van der Waals surface area contributed by atoms with Gasteiger partial charge >= 0.3 is 0 Å². The van der Waals surface area contributed by atoms with Crippen LogP contribution in [0.25, 0.3) is 0 Å². The molecular weight excluding hydrogens is 74.1 g/mol. The molecule has 0 amide bonds. The minimum absolute atomic E-state index is 0.409. The Morgan fingerprint density at radius 3 is 2.17 bits per heavy atom. The maximum absolute atomic E-state index is 7.20. The summed E-state index contributed by atoms with van der Waals surface area (Å²) in [7, 11) is 0. The quantitative estimate of drug-likeness (QED) is 0.462. The van der Waals surface area contributed by atoms with Gasteiger partial charge in [0.15, 0.2) is 0 Å². The molecule has 0 radical (unpaired) electrons. The number of hydrogen-bond donors (Lipinski definition) is 1. The molecule has 0 aromatic rings. The van der Waals surface area contributed by atoms with E-state index in [1.807, 2.05) is 0 Å². The second kappa shape index (κ2) is 2.19. The van der Waals surface area contributed by atoms with Crippen LogP contribution >= 0.6 is 0 Å². The van der Waals surface area contributed by atoms with Crippen molar-refractivity contribution < 1.29 is 5.48 Å². The van der Waals surface area contributed by atoms with Crippen LogP contribution in [0.4, 0.5) is 0 Å². The van der Waals surface area contributed by atoms with E-state index in [0.717, 1.165) is 0 Å². The zero-order valence-corrected chi connectivity index (χ0v) is 3.62. The molecule has 1 aliphatic rings. The van der Waals surface area contributed by atoms with Gasteiger partial charge in [-0.2, -0.15) is 0 Å². The van der Waals surface area contributed by atoms with Gasteiger partial charge in [-0.1, -0.05) is 6.42 Å². The van der Waals surface area contributed by atoms with E-state index < -0.39 is 13.0 Å². The van der Waals surface area contributed by atoms with E-state index in [2.05, 4.69) is 5.32 Å². The van der Waals surface area contributed by atoms with E-state index in [-0.39, 0.29) is 0 Å². The molecule has 0 aromatic heterocycles. The van der Waals surface area contributed by atoms with E-state index in [4.69, 9.17) is 5.48 Å². The topological polar surface area (TPSA) is 12.0 Å². The summed E-state index contributed by atoms with van der Waals surface area (Å²) in [6, 6.07) is 0. The van der Waals surface area contributed by atoms with Gasteiger partial charge in [0.2, 0.25) is 0 Å². The predicted molar refractivity (Wildman–Crippen MR) is 26.7 cm³/mol. The van der Waals surface area contributed by atoms with E-state index in [1.165, 1.54) is 0 Å². The van der Waals surface area contributed by atoms with Gasteiger partial charge in [-0.25, -0.2) is 0 Å². The molecule has 0 bridgehead atoms. The molecule has 1 nitrogen and oxygen atoms in total. The molecule has 0 aromatic carbocycles. The fourth-order valence-electron chi connectivity index (χ4n) is 0.453. The van der Waals surface area contributed by atoms with Crippen molar-refractivity contribution in [1.82, 2.24) is 5.32 Å². The smallest absolute Gasteiger partial charge is 0.0428 e. The molecule has 1 heteroatoms. The molecule has 1 rings (SSSR count). The molecule has 0 saturated carbocycles. The van der Waals surface area contributed by atoms with E-state index >= 15 is 0 Å². The first-order chi connectivity index (χ1) is 4.41. The zero-order chi connectivity index (χ0) is 7.83. The van der Waals surface area contributed by atoms with Crippen molar-refractivity contribution in [3.8, 4) is 0 Å². The molecular formula is C5H11N. The second-order valence-electron chi connectivity index (χ2n) is 1.33. The predicted octanol–water partition coefficient (Wildman–Crippen LogP) is 0.760. The standard InChI is InChI=1S/C5H11N/c1-2-4-6-5-3-1/h6H,1-5H2/i4D2,5D2. The van der Waals surface area contributed by atoms with Crippen molar-refractivity contribution in [2.75, 3.05) is 13.0 Å². The number of nitrogens with one attached hydrogen (secondary N) is 1. The minimum atomic E-state index is -1.51. The van der Waals surface area contributed by atoms with E-state index in [0.29, 0.717) is 19.3 Å². The molecule has 0 spiro atoms. The summed E-state index contributed by atoms with van der Waals surface area (Å²) in [5.74, 6) is 0. The highest BCUT2D eigenvalue weighted by molar-refractivity contribution is 4.55. The molecule has 0 aliphatic carbocycles. The Kier molecular flexibility index (Phi) is 0.539. The summed E-state index contributed by atoms with van der Waals surface area (Å²) < 4.78 is 28.8. The molecule has 36 valence electrons. The van der Waals surface area contributed by atoms with Gasteiger partial charge in [-0.05, 0) is 25.8 Å². The molecule has 1 N–H and O–H groups in total. The highest BCUT2D eigenvalue weighted by Gasteiger charge is 1.93. The molecule has 1 fully saturated rings. The lowest BCUT2D eigenvalue weighted by atomic mass is 10.2. The fraction of sp³-hybridized carbons (Fsp3) is 1.00. The molecule has 1 heterocycles. The summed E-state index contributed by atoms with van der Waals surface area (Å²) in [5.41, 5.74) is 0. The van der Waals surface area contributed by atoms with Crippen molar-refractivity contribution in [2.45, 2.75) is 19.3 Å². The maximum Gasteiger partial charge on any atom is 0.0428 e. The van der Waals surface area contributed by atoms with Gasteiger partial charge in [-0.15, -0.1) is 0 Å². The third kappa shape index (κ3) is 0.977. The van der Waals surface area contributed by atoms with Gasteiger partial charge in [0.1, 0.15) is 0 Å². The van der Waals surface area contributed by atoms with Gasteiger partial charge in [0, 0.05) is 5.48 Å². The lowest BCUT2D eigenvalue weighted by Gasteiger charge is -2.08. The average Bonchev–Trinajstić information content (AvgIpc) is 1.56. The van der Waals surface area contributed by atoms with Gasteiger partial charge in [-0.3, -0.25) is 0 Å². The highest BCUT2D eigenvalue weighted by Crippen LogP contribution is 1.96. The first-order valence-corrected chi connectivity index (χ1v) is 2.21. The Morgan fingerprint density at radius 1 is 1.17 bits per heavy atom. The van der Waals surface area contributed by atoms with Crippen molar-refractivity contribution in [3.05, 3.63) is 0 Å². The monoisotopic (exact) mass is 89.1 g/mol. The van der Waals surface area contributed by atoms with E-state index in [9.17, 15) is 0 Å². The largest absolute Gasteiger partial charge is 0.317 e. The van der Waals surface area contributed by atoms with Crippen LogP contribution in [-0.4, -0.2) is 13.0 Å². The summed E-state index contributed by atoms with van der Waals surface area (Å²) in [5, 5.41) is 2.30. The lowest BCUT2D eigenvalue weighted by molar-refractivity contribution is 0.520. The number of hydrogen-bond acceptors (Lipinski definition) is 1. The molecule has 1 saturated heterocycles. The normalized spacial score (nSPS) is 50.7. The Labute approximate surface area is 44.4 Å². The third-order valence-corrected chi connectivity index (χ3v) is 0.780. The van der Waals surface area contributed by atoms with Crippen LogP contribution in [-0.2, 0) is 0 Å². The number of rotatable bonds is 0. The highest BCUT2D eigenvalue weighted by atomic mass is 14.9.